The van der Waals surface area contributed by atoms with E-state index in [1.165, 1.54) is 5.69 Å². The van der Waals surface area contributed by atoms with Crippen molar-refractivity contribution in [1.82, 2.24) is 15.5 Å². The second-order valence-electron chi connectivity index (χ2n) is 8.65. The topological polar surface area (TPSA) is 60.0 Å². The van der Waals surface area contributed by atoms with Crippen LogP contribution in [-0.2, 0) is 4.79 Å². The van der Waals surface area contributed by atoms with Gasteiger partial charge in [0.2, 0.25) is 5.91 Å². The first-order valence-electron chi connectivity index (χ1n) is 11.1. The lowest BCUT2D eigenvalue weighted by Crippen LogP contribution is -2.51. The van der Waals surface area contributed by atoms with Gasteiger partial charge in [0, 0.05) is 45.5 Å². The van der Waals surface area contributed by atoms with Gasteiger partial charge in [-0.25, -0.2) is 0 Å². The largest absolute Gasteiger partial charge is 0.369 e. The van der Waals surface area contributed by atoms with Gasteiger partial charge in [0.25, 0.3) is 0 Å². The molecule has 160 valence electrons. The Labute approximate surface area is 175 Å². The molecule has 1 aliphatic carbocycles. The number of nitrogens with zero attached hydrogens (tertiary/aromatic N) is 3. The van der Waals surface area contributed by atoms with Gasteiger partial charge >= 0.3 is 0 Å². The quantitative estimate of drug-likeness (QED) is 0.570. The number of hydrogen-bond donors (Lipinski definition) is 2. The monoisotopic (exact) mass is 399 g/mol. The highest BCUT2D eigenvalue weighted by molar-refractivity contribution is 5.84. The molecule has 1 aromatic rings. The zero-order chi connectivity index (χ0) is 20.7. The molecule has 0 aromatic heterocycles. The fourth-order valence-electron chi connectivity index (χ4n) is 4.68. The van der Waals surface area contributed by atoms with E-state index in [0.717, 1.165) is 64.1 Å². The van der Waals surface area contributed by atoms with Gasteiger partial charge in [0.1, 0.15) is 0 Å². The van der Waals surface area contributed by atoms with E-state index in [1.807, 2.05) is 14.1 Å². The number of amides is 1. The summed E-state index contributed by atoms with van der Waals surface area (Å²) in [5.74, 6) is 1.06. The minimum Gasteiger partial charge on any atom is -0.369 e. The van der Waals surface area contributed by atoms with Gasteiger partial charge in [-0.3, -0.25) is 9.79 Å². The van der Waals surface area contributed by atoms with E-state index in [-0.39, 0.29) is 11.3 Å². The molecule has 29 heavy (non-hydrogen) atoms. The lowest BCUT2D eigenvalue weighted by atomic mass is 9.85. The maximum absolute atomic E-state index is 12.8. The minimum absolute atomic E-state index is 0.225. The molecule has 1 aromatic carbocycles. The van der Waals surface area contributed by atoms with Crippen LogP contribution in [0, 0.1) is 5.41 Å². The first-order valence-corrected chi connectivity index (χ1v) is 11.1. The van der Waals surface area contributed by atoms with Crippen LogP contribution in [0.15, 0.2) is 35.3 Å². The van der Waals surface area contributed by atoms with Gasteiger partial charge in [0.05, 0.1) is 12.0 Å². The van der Waals surface area contributed by atoms with E-state index in [9.17, 15) is 4.79 Å². The number of carbonyl (C=O) groups is 1. The molecule has 6 heteroatoms. The number of hydrogen-bond acceptors (Lipinski definition) is 3. The summed E-state index contributed by atoms with van der Waals surface area (Å²) in [4.78, 5) is 21.9. The van der Waals surface area contributed by atoms with E-state index in [4.69, 9.17) is 4.99 Å². The molecule has 2 N–H and O–H groups in total. The smallest absolute Gasteiger partial charge is 0.230 e. The number of rotatable bonds is 6. The molecule has 1 heterocycles. The summed E-state index contributed by atoms with van der Waals surface area (Å²) in [6.07, 6.45) is 6.42. The van der Waals surface area contributed by atoms with Crippen LogP contribution in [0.1, 0.15) is 45.4 Å². The van der Waals surface area contributed by atoms with Crippen molar-refractivity contribution in [3.63, 3.8) is 0 Å². The normalized spacial score (nSPS) is 21.7. The molecule has 1 unspecified atom stereocenters. The Balaban J connectivity index is 1.66. The summed E-state index contributed by atoms with van der Waals surface area (Å²) in [5.41, 5.74) is 0.955. The highest BCUT2D eigenvalue weighted by atomic mass is 16.2. The lowest BCUT2D eigenvalue weighted by Gasteiger charge is -2.35. The second kappa shape index (κ2) is 9.99. The first kappa shape index (κ1) is 21.5. The van der Waals surface area contributed by atoms with Crippen LogP contribution in [0.3, 0.4) is 0 Å². The average Bonchev–Trinajstić information content (AvgIpc) is 3.22. The number of aliphatic imine (C=N–C) groups is 1. The fraction of sp³-hybridized carbons (Fsp3) is 0.652. The van der Waals surface area contributed by atoms with E-state index >= 15 is 0 Å². The van der Waals surface area contributed by atoms with Crippen LogP contribution in [-0.4, -0.2) is 63.1 Å². The maximum atomic E-state index is 12.8. The molecule has 0 radical (unpaired) electrons. The molecular formula is C23H37N5O. The molecule has 3 rings (SSSR count). The molecule has 1 aliphatic heterocycles. The third-order valence-corrected chi connectivity index (χ3v) is 6.19. The van der Waals surface area contributed by atoms with E-state index in [0.29, 0.717) is 12.6 Å². The van der Waals surface area contributed by atoms with Crippen LogP contribution >= 0.6 is 0 Å². The van der Waals surface area contributed by atoms with Crippen molar-refractivity contribution in [1.29, 1.82) is 0 Å². The van der Waals surface area contributed by atoms with Crippen LogP contribution in [0.4, 0.5) is 5.69 Å². The van der Waals surface area contributed by atoms with Gasteiger partial charge < -0.3 is 20.4 Å². The van der Waals surface area contributed by atoms with Crippen molar-refractivity contribution >= 4 is 17.6 Å². The Morgan fingerprint density at radius 1 is 1.21 bits per heavy atom. The van der Waals surface area contributed by atoms with Crippen molar-refractivity contribution in [3.8, 4) is 0 Å². The van der Waals surface area contributed by atoms with Gasteiger partial charge in [-0.15, -0.1) is 0 Å². The molecule has 0 spiro atoms. The minimum atomic E-state index is -0.325. The second-order valence-corrected chi connectivity index (χ2v) is 8.65. The third kappa shape index (κ3) is 5.43. The zero-order valence-corrected chi connectivity index (χ0v) is 18.3. The number of para-hydroxylation sites is 1. The molecule has 0 bridgehead atoms. The van der Waals surface area contributed by atoms with Crippen LogP contribution in [0.2, 0.25) is 0 Å². The summed E-state index contributed by atoms with van der Waals surface area (Å²) in [7, 11) is 3.71. The van der Waals surface area contributed by atoms with E-state index in [2.05, 4.69) is 52.8 Å². The van der Waals surface area contributed by atoms with Gasteiger partial charge in [-0.05, 0) is 44.7 Å². The number of carbonyl (C=O) groups excluding carboxylic acids is 1. The number of anilines is 1. The van der Waals surface area contributed by atoms with Crippen molar-refractivity contribution in [2.45, 2.75) is 51.5 Å². The van der Waals surface area contributed by atoms with E-state index in [1.54, 1.807) is 4.90 Å². The number of nitrogens with one attached hydrogen (secondary N) is 2. The Hall–Kier alpha value is -2.24. The molecule has 1 saturated heterocycles. The van der Waals surface area contributed by atoms with Gasteiger partial charge in [-0.2, -0.15) is 0 Å². The maximum Gasteiger partial charge on any atom is 0.230 e. The van der Waals surface area contributed by atoms with E-state index < -0.39 is 0 Å². The molecule has 2 aliphatic rings. The summed E-state index contributed by atoms with van der Waals surface area (Å²) < 4.78 is 0. The predicted octanol–water partition coefficient (Wildman–Crippen LogP) is 2.86. The van der Waals surface area contributed by atoms with Gasteiger partial charge in [0.15, 0.2) is 5.96 Å². The van der Waals surface area contributed by atoms with Crippen LogP contribution in [0.25, 0.3) is 0 Å². The highest BCUT2D eigenvalue weighted by Crippen LogP contribution is 2.39. The number of guanidine groups is 1. The first-order chi connectivity index (χ1) is 14.0. The third-order valence-electron chi connectivity index (χ3n) is 6.19. The fourth-order valence-corrected chi connectivity index (χ4v) is 4.68. The summed E-state index contributed by atoms with van der Waals surface area (Å²) in [6.45, 7) is 5.53. The SMILES string of the molecule is CCNC(=NCC1(C(=O)N(C)C)CCCC1)NC1CCCN(c2ccccc2)C1. The van der Waals surface area contributed by atoms with Crippen molar-refractivity contribution in [2.75, 3.05) is 45.2 Å². The average molecular weight is 400 g/mol. The summed E-state index contributed by atoms with van der Waals surface area (Å²) in [6, 6.07) is 11.0. The molecule has 1 amide bonds. The van der Waals surface area contributed by atoms with Crippen LogP contribution in [0.5, 0.6) is 0 Å². The van der Waals surface area contributed by atoms with Crippen molar-refractivity contribution < 1.29 is 4.79 Å². The molecule has 1 saturated carbocycles. The molecule has 1 atom stereocenters. The van der Waals surface area contributed by atoms with Crippen molar-refractivity contribution in [2.24, 2.45) is 10.4 Å². The highest BCUT2D eigenvalue weighted by Gasteiger charge is 2.42. The van der Waals surface area contributed by atoms with Crippen molar-refractivity contribution in [3.05, 3.63) is 30.3 Å². The Morgan fingerprint density at radius 3 is 2.59 bits per heavy atom. The Kier molecular flexibility index (Phi) is 7.40. The predicted molar refractivity (Wildman–Crippen MR) is 120 cm³/mol. The van der Waals surface area contributed by atoms with Crippen LogP contribution < -0.4 is 15.5 Å². The summed E-state index contributed by atoms with van der Waals surface area (Å²) >= 11 is 0. The zero-order valence-electron chi connectivity index (χ0n) is 18.3. The molecule has 2 fully saturated rings. The summed E-state index contributed by atoms with van der Waals surface area (Å²) in [5, 5.41) is 7.03. The number of benzene rings is 1. The molecular weight excluding hydrogens is 362 g/mol. The lowest BCUT2D eigenvalue weighted by molar-refractivity contribution is -0.138. The molecule has 6 nitrogen and oxygen atoms in total. The van der Waals surface area contributed by atoms with Gasteiger partial charge in [-0.1, -0.05) is 31.0 Å². The standard InChI is InChI=1S/C23H37N5O/c1-4-24-22(25-18-23(14-8-9-15-23)21(29)27(2)3)26-19-11-10-16-28(17-19)20-12-6-5-7-13-20/h5-7,12-13,19H,4,8-11,14-18H2,1-3H3,(H2,24,25,26). The Bertz CT molecular complexity index is 682. The Morgan fingerprint density at radius 2 is 1.93 bits per heavy atom. The number of piperidine rings is 1.